The van der Waals surface area contributed by atoms with Gasteiger partial charge in [-0.3, -0.25) is 19.2 Å². The van der Waals surface area contributed by atoms with E-state index in [1.807, 2.05) is 0 Å². The number of fused-ring (bicyclic) bond motifs is 1. The van der Waals surface area contributed by atoms with Gasteiger partial charge in [0.1, 0.15) is 17.5 Å². The molecule has 2 saturated heterocycles. The number of nitrogens with zero attached hydrogens (tertiary/aromatic N) is 2. The molecule has 2 aliphatic heterocycles. The van der Waals surface area contributed by atoms with Crippen molar-refractivity contribution in [3.8, 4) is 0 Å². The molecular formula is C26H33F3N4O7. The lowest BCUT2D eigenvalue weighted by atomic mass is 10.0. The van der Waals surface area contributed by atoms with Crippen molar-refractivity contribution in [1.29, 1.82) is 0 Å². The molecule has 1 aliphatic carbocycles. The minimum atomic E-state index is -1.28. The Labute approximate surface area is 228 Å². The number of likely N-dealkylation sites (tertiary alicyclic amines) is 2. The standard InChI is InChI=1S/C21H25F3N4O3.C4H4O4.CH4/c22-14-8-16(24)15(23)6-12(14)5-13(25)7-18(29)28-4-1-11-9-27(10-17(11)28)20(31)21(2-3-21)19(26)30;5-3-8-2-1-4(6)7;/h6,8,11,13,17H,1-5,7,9-10,25H2,(H2,26,30);1-3H,(H,6,7);1H4/b;2-1+;/t11-,13+,17+;;/m0../s1. The van der Waals surface area contributed by atoms with Crippen molar-refractivity contribution in [1.82, 2.24) is 9.80 Å². The fraction of sp³-hybridized carbons (Fsp3) is 0.500. The molecule has 14 heteroatoms. The van der Waals surface area contributed by atoms with Gasteiger partial charge in [0, 0.05) is 44.1 Å². The van der Waals surface area contributed by atoms with Crippen molar-refractivity contribution in [2.24, 2.45) is 22.8 Å². The molecule has 40 heavy (non-hydrogen) atoms. The molecule has 3 aliphatic rings. The van der Waals surface area contributed by atoms with Gasteiger partial charge in [-0.05, 0) is 37.3 Å². The van der Waals surface area contributed by atoms with Crippen molar-refractivity contribution >= 4 is 30.2 Å². The van der Waals surface area contributed by atoms with E-state index in [0.717, 1.165) is 18.7 Å². The molecule has 3 fully saturated rings. The maximum atomic E-state index is 13.9. The molecule has 1 saturated carbocycles. The van der Waals surface area contributed by atoms with Gasteiger partial charge in [-0.2, -0.15) is 0 Å². The lowest BCUT2D eigenvalue weighted by molar-refractivity contribution is -0.143. The number of nitrogens with two attached hydrogens (primary N) is 2. The van der Waals surface area contributed by atoms with Crippen LogP contribution in [-0.2, 0) is 35.1 Å². The topological polar surface area (TPSA) is 173 Å². The van der Waals surface area contributed by atoms with E-state index in [9.17, 15) is 37.1 Å². The maximum Gasteiger partial charge on any atom is 0.331 e. The van der Waals surface area contributed by atoms with Gasteiger partial charge in [0.25, 0.3) is 6.47 Å². The first kappa shape index (κ1) is 32.3. The van der Waals surface area contributed by atoms with Crippen LogP contribution in [0.15, 0.2) is 24.5 Å². The largest absolute Gasteiger partial charge is 0.478 e. The number of halogens is 3. The Hall–Kier alpha value is -3.94. The third-order valence-electron chi connectivity index (χ3n) is 7.14. The Balaban J connectivity index is 0.000000546. The van der Waals surface area contributed by atoms with Gasteiger partial charge in [0.2, 0.25) is 17.7 Å². The Morgan fingerprint density at radius 3 is 2.35 bits per heavy atom. The number of carboxylic acid groups (broad SMARTS) is 1. The zero-order valence-electron chi connectivity index (χ0n) is 20.9. The van der Waals surface area contributed by atoms with Gasteiger partial charge in [-0.15, -0.1) is 0 Å². The van der Waals surface area contributed by atoms with Gasteiger partial charge in [0.15, 0.2) is 11.6 Å². The summed E-state index contributed by atoms with van der Waals surface area (Å²) in [6, 6.07) is 0.294. The lowest BCUT2D eigenvalue weighted by Crippen LogP contribution is -2.46. The van der Waals surface area contributed by atoms with Gasteiger partial charge in [-0.1, -0.05) is 7.43 Å². The molecule has 0 spiro atoms. The van der Waals surface area contributed by atoms with Crippen LogP contribution in [0, 0.1) is 28.8 Å². The molecule has 5 N–H and O–H groups in total. The highest BCUT2D eigenvalue weighted by molar-refractivity contribution is 6.07. The van der Waals surface area contributed by atoms with Crippen molar-refractivity contribution < 1.29 is 47.0 Å². The molecule has 11 nitrogen and oxygen atoms in total. The third-order valence-corrected chi connectivity index (χ3v) is 7.14. The Bertz CT molecular complexity index is 1180. The molecule has 3 atom stereocenters. The number of carboxylic acids is 1. The smallest absolute Gasteiger partial charge is 0.331 e. The summed E-state index contributed by atoms with van der Waals surface area (Å²) < 4.78 is 44.2. The lowest BCUT2D eigenvalue weighted by Gasteiger charge is -2.27. The first-order valence-electron chi connectivity index (χ1n) is 12.2. The van der Waals surface area contributed by atoms with Crippen LogP contribution in [0.1, 0.15) is 38.7 Å². The minimum Gasteiger partial charge on any atom is -0.478 e. The fourth-order valence-corrected chi connectivity index (χ4v) is 4.98. The van der Waals surface area contributed by atoms with Crippen LogP contribution in [-0.4, -0.2) is 76.8 Å². The maximum absolute atomic E-state index is 13.9. The number of carbonyl (C=O) groups excluding carboxylic acids is 4. The van der Waals surface area contributed by atoms with Crippen molar-refractivity contribution in [3.05, 3.63) is 47.5 Å². The second-order valence-electron chi connectivity index (χ2n) is 9.76. The Kier molecular flexibility index (Phi) is 10.8. The van der Waals surface area contributed by atoms with E-state index in [1.165, 1.54) is 0 Å². The molecule has 4 rings (SSSR count). The van der Waals surface area contributed by atoms with Gasteiger partial charge >= 0.3 is 5.97 Å². The second-order valence-corrected chi connectivity index (χ2v) is 9.76. The SMILES string of the molecule is C.NC(=O)C1(C(=O)N2C[C@@H]3CCN(C(=O)C[C@H](N)Cc4cc(F)c(F)cc4F)[C@@H]3C2)CC1.O=CO/C=C/C(=O)O. The molecule has 0 unspecified atom stereocenters. The second kappa shape index (κ2) is 13.4. The van der Waals surface area contributed by atoms with E-state index in [-0.39, 0.29) is 56.1 Å². The zero-order valence-corrected chi connectivity index (χ0v) is 20.9. The normalized spacial score (nSPS) is 21.0. The number of ether oxygens (including phenoxy) is 1. The van der Waals surface area contributed by atoms with Crippen LogP contribution in [0.2, 0.25) is 0 Å². The first-order chi connectivity index (χ1) is 18.4. The fourth-order valence-electron chi connectivity index (χ4n) is 4.98. The van der Waals surface area contributed by atoms with Crippen LogP contribution in [0.25, 0.3) is 0 Å². The van der Waals surface area contributed by atoms with E-state index >= 15 is 0 Å². The Morgan fingerprint density at radius 2 is 1.77 bits per heavy atom. The van der Waals surface area contributed by atoms with Gasteiger partial charge in [0.05, 0.1) is 12.1 Å². The van der Waals surface area contributed by atoms with Crippen molar-refractivity contribution in [2.45, 2.75) is 51.6 Å². The van der Waals surface area contributed by atoms with Crippen molar-refractivity contribution in [2.75, 3.05) is 19.6 Å². The summed E-state index contributed by atoms with van der Waals surface area (Å²) in [5.41, 5.74) is 10.2. The van der Waals surface area contributed by atoms with Crippen molar-refractivity contribution in [3.63, 3.8) is 0 Å². The summed E-state index contributed by atoms with van der Waals surface area (Å²) in [4.78, 5) is 59.5. The van der Waals surface area contributed by atoms with Gasteiger partial charge < -0.3 is 31.1 Å². The first-order valence-corrected chi connectivity index (χ1v) is 12.2. The molecule has 0 aromatic heterocycles. The highest BCUT2D eigenvalue weighted by Crippen LogP contribution is 2.48. The number of hydrogen-bond acceptors (Lipinski definition) is 7. The zero-order chi connectivity index (χ0) is 28.9. The molecule has 220 valence electrons. The minimum absolute atomic E-state index is 0. The van der Waals surface area contributed by atoms with E-state index in [4.69, 9.17) is 16.6 Å². The number of hydrogen-bond donors (Lipinski definition) is 3. The quantitative estimate of drug-likeness (QED) is 0.130. The number of primary amides is 1. The summed E-state index contributed by atoms with van der Waals surface area (Å²) in [7, 11) is 0. The van der Waals surface area contributed by atoms with Crippen LogP contribution >= 0.6 is 0 Å². The van der Waals surface area contributed by atoms with Crippen LogP contribution in [0.3, 0.4) is 0 Å². The monoisotopic (exact) mass is 570 g/mol. The van der Waals surface area contributed by atoms with Crippen LogP contribution < -0.4 is 11.5 Å². The average molecular weight is 571 g/mol. The average Bonchev–Trinajstić information content (AvgIpc) is 3.43. The number of carbonyl (C=O) groups is 5. The molecule has 1 aromatic rings. The highest BCUT2D eigenvalue weighted by atomic mass is 19.2. The molecule has 3 amide bonds. The number of aliphatic carboxylic acids is 1. The summed E-state index contributed by atoms with van der Waals surface area (Å²) in [5.74, 6) is -5.46. The third kappa shape index (κ3) is 7.37. The number of rotatable bonds is 9. The molecule has 2 heterocycles. The summed E-state index contributed by atoms with van der Waals surface area (Å²) in [5, 5.41) is 7.86. The summed E-state index contributed by atoms with van der Waals surface area (Å²) in [6.45, 7) is 1.49. The van der Waals surface area contributed by atoms with E-state index in [1.54, 1.807) is 9.80 Å². The number of benzene rings is 1. The Morgan fingerprint density at radius 1 is 1.12 bits per heavy atom. The molecular weight excluding hydrogens is 537 g/mol. The predicted octanol–water partition coefficient (Wildman–Crippen LogP) is 1.08. The van der Waals surface area contributed by atoms with E-state index in [0.29, 0.717) is 44.6 Å². The van der Waals surface area contributed by atoms with E-state index in [2.05, 4.69) is 4.74 Å². The molecule has 1 aromatic carbocycles. The highest BCUT2D eigenvalue weighted by Gasteiger charge is 2.59. The molecule has 0 bridgehead atoms. The predicted molar refractivity (Wildman–Crippen MR) is 134 cm³/mol. The molecule has 0 radical (unpaired) electrons. The van der Waals surface area contributed by atoms with Gasteiger partial charge in [-0.25, -0.2) is 18.0 Å². The summed E-state index contributed by atoms with van der Waals surface area (Å²) >= 11 is 0. The van der Waals surface area contributed by atoms with Crippen LogP contribution in [0.5, 0.6) is 0 Å². The number of amides is 3. The van der Waals surface area contributed by atoms with E-state index < -0.39 is 40.8 Å². The summed E-state index contributed by atoms with van der Waals surface area (Å²) in [6.07, 6.45) is 2.97. The van der Waals surface area contributed by atoms with Crippen LogP contribution in [0.4, 0.5) is 13.2 Å².